The summed E-state index contributed by atoms with van der Waals surface area (Å²) in [6, 6.07) is 0. The van der Waals surface area contributed by atoms with Gasteiger partial charge < -0.3 is 214 Å². The second-order valence-electron chi connectivity index (χ2n) is 0. The first-order valence-electron chi connectivity index (χ1n) is 0. The Morgan fingerprint density at radius 3 is 0.0400 bits per heavy atom. The summed E-state index contributed by atoms with van der Waals surface area (Å²) in [6.07, 6.45) is 0. The van der Waals surface area contributed by atoms with E-state index in [1.54, 1.807) is 0 Å². The van der Waals surface area contributed by atoms with Crippen molar-refractivity contribution in [1.29, 1.82) is 0 Å². The summed E-state index contributed by atoms with van der Waals surface area (Å²) in [7, 11) is 0. The Labute approximate surface area is 460 Å². The summed E-state index contributed by atoms with van der Waals surface area (Å²) >= 11 is 0. The van der Waals surface area contributed by atoms with Gasteiger partial charge in [0.15, 0.2) is 0 Å². The zero-order valence-electron chi connectivity index (χ0n) is 19.5. The Morgan fingerprint density at radius 2 is 0.0400 bits per heavy atom. The average Bonchev–Trinajstić information content (AvgIpc) is 0. The molecule has 0 aromatic heterocycles. The fourth-order valence-electron chi connectivity index (χ4n) is 0. The lowest BCUT2D eigenvalue weighted by atomic mass is 16.0. The lowest BCUT2D eigenvalue weighted by Crippen LogP contribution is -0.382. The molecule has 0 aliphatic rings. The summed E-state index contributed by atoms with van der Waals surface area (Å²) in [4.78, 5) is 0. The van der Waals surface area contributed by atoms with Crippen molar-refractivity contribution in [3.8, 4) is 0 Å². The number of hydrogen-bond acceptors (Lipinski definition) is 0. The maximum atomic E-state index is 0. The van der Waals surface area contributed by atoms with Gasteiger partial charge in [-0.05, 0) is 0 Å². The first-order valence-corrected chi connectivity index (χ1v) is 0. The molecule has 0 bridgehead atoms. The highest BCUT2D eigenvalue weighted by Crippen LogP contribution is -0.248. The largest absolute Gasteiger partial charge is 0.412 e. The molecular weight excluding hydrogens is 891 g/mol. The van der Waals surface area contributed by atoms with Crippen molar-refractivity contribution in [2.45, 2.75) is 0 Å². The van der Waals surface area contributed by atoms with E-state index in [1.165, 1.54) is 0 Å². The second-order valence-corrected chi connectivity index (χ2v) is 0. The Hall–Kier alpha value is 6.87. The van der Waals surface area contributed by atoms with Crippen LogP contribution in [0, 0.1) is 0 Å². The summed E-state index contributed by atoms with van der Waals surface area (Å²) < 4.78 is 0. The SMILES string of the molecule is O.O.O.O.O.O.O.O.O.O.O.O.O.O.O.O.O.O.O.O.O.O.O.O.O.O.O.O.O.O.O.O.O.O.O.O.O.O.O.[MgH2].[MgH2].[MgH2].[MgH2].[MgH2].[MgH2].[MgH2].[MgH2].[MgH2].[MgH2].[MgH2]. The smallest absolute Gasteiger partial charge is 0.316 e. The van der Waals surface area contributed by atoms with Crippen molar-refractivity contribution < 1.29 is 214 Å². The van der Waals surface area contributed by atoms with Crippen LogP contribution in [0.25, 0.3) is 0 Å². The van der Waals surface area contributed by atoms with Gasteiger partial charge in [-0.2, -0.15) is 0 Å². The van der Waals surface area contributed by atoms with Gasteiger partial charge in [0.1, 0.15) is 0 Å². The standard InChI is InChI=1S/11Mg.39H2O.22H/h;;;;;;;;;;;39*1H2;;;;;;;;;;;;;;;;;;;;;;. The number of rotatable bonds is 0. The van der Waals surface area contributed by atoms with E-state index >= 15 is 0 Å². The second kappa shape index (κ2) is 3570. The molecule has 0 radical (unpaired) electrons. The Kier molecular flexibility index (Phi) is 268000. The van der Waals surface area contributed by atoms with Gasteiger partial charge in [0.2, 0.25) is 0 Å². The molecule has 0 aromatic rings. The molecule has 356 valence electrons. The minimum Gasteiger partial charge on any atom is -0.412 e. The molecule has 0 saturated heterocycles. The van der Waals surface area contributed by atoms with Crippen LogP contribution in [0.2, 0.25) is 0 Å². The Balaban J connectivity index is 0. The van der Waals surface area contributed by atoms with E-state index in [2.05, 4.69) is 0 Å². The van der Waals surface area contributed by atoms with Crippen molar-refractivity contribution in [1.82, 2.24) is 0 Å². The molecule has 0 aromatic carbocycles. The summed E-state index contributed by atoms with van der Waals surface area (Å²) in [5.41, 5.74) is 0. The minimum atomic E-state index is 0. The third-order valence-electron chi connectivity index (χ3n) is 0. The van der Waals surface area contributed by atoms with Crippen molar-refractivity contribution in [2.24, 2.45) is 0 Å². The molecule has 50 heteroatoms. The van der Waals surface area contributed by atoms with Gasteiger partial charge in [-0.15, -0.1) is 0 Å². The van der Waals surface area contributed by atoms with E-state index < -0.39 is 0 Å². The van der Waals surface area contributed by atoms with Crippen LogP contribution < -0.4 is 0 Å². The first kappa shape index (κ1) is 3760. The minimum absolute atomic E-state index is 0. The van der Waals surface area contributed by atoms with E-state index in [0.717, 1.165) is 0 Å². The molecule has 0 atom stereocenters. The Bertz CT molecular complexity index is 38.0. The van der Waals surface area contributed by atoms with E-state index in [9.17, 15) is 0 Å². The lowest BCUT2D eigenvalue weighted by molar-refractivity contribution is 0.823. The van der Waals surface area contributed by atoms with Gasteiger partial charge in [-0.3, -0.25) is 0 Å². The highest BCUT2D eigenvalue weighted by atomic mass is 24.3. The van der Waals surface area contributed by atoms with Crippen molar-refractivity contribution in [3.05, 3.63) is 0 Å². The maximum absolute atomic E-state index is 0. The van der Waals surface area contributed by atoms with Crippen molar-refractivity contribution >= 4 is 254 Å². The molecular formula is H100Mg11O39. The maximum Gasteiger partial charge on any atom is 0.316 e. The van der Waals surface area contributed by atoms with Crippen LogP contribution >= 0.6 is 0 Å². The molecule has 0 aliphatic carbocycles. The van der Waals surface area contributed by atoms with Crippen LogP contribution in [0.5, 0.6) is 0 Å². The van der Waals surface area contributed by atoms with E-state index in [0.29, 0.717) is 0 Å². The third kappa shape index (κ3) is 3370. The summed E-state index contributed by atoms with van der Waals surface area (Å²) in [5, 5.41) is 0. The van der Waals surface area contributed by atoms with Crippen molar-refractivity contribution in [3.63, 3.8) is 0 Å². The van der Waals surface area contributed by atoms with E-state index in [1.807, 2.05) is 0 Å². The van der Waals surface area contributed by atoms with Gasteiger partial charge in [0, 0.05) is 0 Å². The lowest BCUT2D eigenvalue weighted by Gasteiger charge is -0.413. The van der Waals surface area contributed by atoms with Gasteiger partial charge in [-0.1, -0.05) is 0 Å². The van der Waals surface area contributed by atoms with Gasteiger partial charge in [0.05, 0.1) is 0 Å². The van der Waals surface area contributed by atoms with Crippen LogP contribution in [0.3, 0.4) is 0 Å². The molecule has 0 heterocycles. The predicted molar refractivity (Wildman–Crippen MR) is 235 cm³/mol. The molecule has 78 N–H and O–H groups in total. The predicted octanol–water partition coefficient (Wildman–Crippen LogP) is -42.2. The fraction of sp³-hybridized carbons (Fsp3) is 0. The van der Waals surface area contributed by atoms with Crippen LogP contribution in [0.1, 0.15) is 0 Å². The summed E-state index contributed by atoms with van der Waals surface area (Å²) in [6.45, 7) is 0. The van der Waals surface area contributed by atoms with Crippen LogP contribution in [0.4, 0.5) is 0 Å². The molecule has 39 nitrogen and oxygen atoms in total. The van der Waals surface area contributed by atoms with Gasteiger partial charge in [-0.25, -0.2) is 0 Å². The topological polar surface area (TPSA) is 1230 Å². The monoisotopic (exact) mass is 988 g/mol. The highest BCUT2D eigenvalue weighted by molar-refractivity contribution is 5.76. The average molecular weight is 992 g/mol. The quantitative estimate of drug-likeness (QED) is 0.204. The Morgan fingerprint density at radius 1 is 0.0400 bits per heavy atom. The van der Waals surface area contributed by atoms with Crippen molar-refractivity contribution in [2.75, 3.05) is 0 Å². The number of hydrogen-bond donors (Lipinski definition) is 0. The zero-order chi connectivity index (χ0) is 0. The van der Waals surface area contributed by atoms with Gasteiger partial charge in [0.25, 0.3) is 0 Å². The summed E-state index contributed by atoms with van der Waals surface area (Å²) in [5.74, 6) is 0. The highest BCUT2D eigenvalue weighted by Gasteiger charge is 0.327. The third-order valence-corrected chi connectivity index (χ3v) is 0. The molecule has 0 spiro atoms. The molecule has 0 amide bonds. The molecule has 0 rings (SSSR count). The van der Waals surface area contributed by atoms with Crippen LogP contribution in [-0.2, 0) is 0 Å². The molecule has 0 unspecified atom stereocenters. The zero-order valence-corrected chi connectivity index (χ0v) is 19.5. The van der Waals surface area contributed by atoms with Crippen LogP contribution in [0.15, 0.2) is 0 Å². The van der Waals surface area contributed by atoms with Gasteiger partial charge >= 0.3 is 254 Å². The fourth-order valence-corrected chi connectivity index (χ4v) is 0. The molecule has 0 fully saturated rings. The normalized spacial score (nSPS) is 0. The molecule has 0 aliphatic heterocycles. The van der Waals surface area contributed by atoms with E-state index in [4.69, 9.17) is 0 Å². The molecule has 0 saturated carbocycles. The first-order chi connectivity index (χ1) is 0. The molecule has 50 heavy (non-hydrogen) atoms. The van der Waals surface area contributed by atoms with Crippen LogP contribution in [-0.4, -0.2) is 467 Å². The van der Waals surface area contributed by atoms with E-state index in [-0.39, 0.29) is 467 Å².